The van der Waals surface area contributed by atoms with E-state index < -0.39 is 73.2 Å². The molecule has 0 spiro atoms. The standard InChI is InChI=1S/C18H34O10/c1-8-10(20)5-18(3,28-16(8)14(23)11(21)6-19)26-7-12-15(24)13(22)9(2)17(25-4)27-12/h8-17,19-24H,5-7H2,1-4H3/t8-,9?,10-,11-,12?,13-,14-,15+,16?,17+,18+/m1/s1. The van der Waals surface area contributed by atoms with Gasteiger partial charge in [0.2, 0.25) is 0 Å². The Morgan fingerprint density at radius 1 is 1.11 bits per heavy atom. The van der Waals surface area contributed by atoms with Gasteiger partial charge in [0.05, 0.1) is 31.5 Å². The molecule has 0 aromatic carbocycles. The zero-order valence-electron chi connectivity index (χ0n) is 16.7. The largest absolute Gasteiger partial charge is 0.394 e. The maximum absolute atomic E-state index is 10.4. The molecule has 3 unspecified atom stereocenters. The highest BCUT2D eigenvalue weighted by Gasteiger charge is 2.48. The normalized spacial score (nSPS) is 46.9. The van der Waals surface area contributed by atoms with E-state index in [0.717, 1.165) is 0 Å². The summed E-state index contributed by atoms with van der Waals surface area (Å²) < 4.78 is 22.4. The van der Waals surface area contributed by atoms with Crippen molar-refractivity contribution >= 4 is 0 Å². The molecule has 0 aliphatic carbocycles. The maximum atomic E-state index is 10.4. The van der Waals surface area contributed by atoms with Crippen LogP contribution in [0.2, 0.25) is 0 Å². The van der Waals surface area contributed by atoms with Crippen molar-refractivity contribution in [1.29, 1.82) is 0 Å². The van der Waals surface area contributed by atoms with Crippen molar-refractivity contribution in [3.8, 4) is 0 Å². The number of rotatable bonds is 7. The van der Waals surface area contributed by atoms with Gasteiger partial charge in [0.15, 0.2) is 12.1 Å². The first-order valence-corrected chi connectivity index (χ1v) is 9.55. The first kappa shape index (κ1) is 23.9. The second-order valence-electron chi connectivity index (χ2n) is 8.02. The van der Waals surface area contributed by atoms with Crippen molar-refractivity contribution in [2.24, 2.45) is 11.8 Å². The summed E-state index contributed by atoms with van der Waals surface area (Å²) in [6, 6.07) is 0. The van der Waals surface area contributed by atoms with Crippen LogP contribution in [0.25, 0.3) is 0 Å². The summed E-state index contributed by atoms with van der Waals surface area (Å²) in [4.78, 5) is 0. The summed E-state index contributed by atoms with van der Waals surface area (Å²) in [6.45, 7) is 4.11. The van der Waals surface area contributed by atoms with Gasteiger partial charge in [-0.05, 0) is 6.92 Å². The predicted octanol–water partition coefficient (Wildman–Crippen LogP) is -2.05. The number of ether oxygens (including phenoxy) is 4. The van der Waals surface area contributed by atoms with Crippen molar-refractivity contribution in [1.82, 2.24) is 0 Å². The van der Waals surface area contributed by atoms with E-state index in [4.69, 9.17) is 24.1 Å². The molecule has 6 N–H and O–H groups in total. The molecule has 2 aliphatic rings. The number of aliphatic hydroxyl groups is 6. The molecule has 28 heavy (non-hydrogen) atoms. The average molecular weight is 410 g/mol. The third-order valence-corrected chi connectivity index (χ3v) is 5.80. The fraction of sp³-hybridized carbons (Fsp3) is 1.00. The summed E-state index contributed by atoms with van der Waals surface area (Å²) in [7, 11) is 1.44. The highest BCUT2D eigenvalue weighted by atomic mass is 16.7. The van der Waals surface area contributed by atoms with Crippen LogP contribution < -0.4 is 0 Å². The molecule has 0 saturated carbocycles. The van der Waals surface area contributed by atoms with E-state index in [1.807, 2.05) is 0 Å². The van der Waals surface area contributed by atoms with Crippen molar-refractivity contribution < 1.29 is 49.6 Å². The molecular formula is C18H34O10. The Hall–Kier alpha value is -0.400. The van der Waals surface area contributed by atoms with Crippen molar-refractivity contribution in [3.63, 3.8) is 0 Å². The molecule has 10 nitrogen and oxygen atoms in total. The fourth-order valence-corrected chi connectivity index (χ4v) is 3.76. The van der Waals surface area contributed by atoms with Crippen molar-refractivity contribution in [2.45, 2.75) is 82.0 Å². The molecule has 2 heterocycles. The molecule has 2 saturated heterocycles. The summed E-state index contributed by atoms with van der Waals surface area (Å²) in [5, 5.41) is 59.9. The number of methoxy groups -OCH3 is 1. The Balaban J connectivity index is 2.05. The summed E-state index contributed by atoms with van der Waals surface area (Å²) in [5.74, 6) is -2.28. The van der Waals surface area contributed by atoms with Gasteiger partial charge >= 0.3 is 0 Å². The molecule has 2 fully saturated rings. The Labute approximate surface area is 164 Å². The minimum atomic E-state index is -1.43. The van der Waals surface area contributed by atoms with E-state index >= 15 is 0 Å². The SMILES string of the molecule is CO[C@H]1OC(CO[C@]2(C)C[C@@H](O)[C@@H](C)C([C@H](O)[C@H](O)CO)O2)[C@H](O)[C@H](O)C1C. The lowest BCUT2D eigenvalue weighted by molar-refractivity contribution is -0.338. The summed E-state index contributed by atoms with van der Waals surface area (Å²) in [6.07, 6.45) is -8.50. The van der Waals surface area contributed by atoms with Gasteiger partial charge in [0.25, 0.3) is 0 Å². The monoisotopic (exact) mass is 410 g/mol. The lowest BCUT2D eigenvalue weighted by atomic mass is 9.85. The molecule has 0 aromatic rings. The molecule has 10 heteroatoms. The topological polar surface area (TPSA) is 158 Å². The zero-order valence-corrected chi connectivity index (χ0v) is 16.7. The Morgan fingerprint density at radius 2 is 1.75 bits per heavy atom. The van der Waals surface area contributed by atoms with Gasteiger partial charge in [-0.15, -0.1) is 0 Å². The van der Waals surface area contributed by atoms with E-state index in [1.165, 1.54) is 7.11 Å². The lowest BCUT2D eigenvalue weighted by Crippen LogP contribution is -2.59. The Kier molecular flexibility index (Phi) is 8.19. The van der Waals surface area contributed by atoms with E-state index in [9.17, 15) is 25.5 Å². The number of hydrogen-bond donors (Lipinski definition) is 6. The van der Waals surface area contributed by atoms with E-state index in [-0.39, 0.29) is 13.0 Å². The summed E-state index contributed by atoms with van der Waals surface area (Å²) in [5.41, 5.74) is 0. The third kappa shape index (κ3) is 5.01. The van der Waals surface area contributed by atoms with Crippen molar-refractivity contribution in [2.75, 3.05) is 20.3 Å². The van der Waals surface area contributed by atoms with Gasteiger partial charge in [-0.2, -0.15) is 0 Å². The van der Waals surface area contributed by atoms with Crippen LogP contribution >= 0.6 is 0 Å². The van der Waals surface area contributed by atoms with Gasteiger partial charge < -0.3 is 49.6 Å². The number of hydrogen-bond acceptors (Lipinski definition) is 10. The summed E-state index contributed by atoms with van der Waals surface area (Å²) >= 11 is 0. The fourth-order valence-electron chi connectivity index (χ4n) is 3.76. The molecule has 0 aromatic heterocycles. The molecule has 166 valence electrons. The van der Waals surface area contributed by atoms with Crippen LogP contribution in [0.1, 0.15) is 27.2 Å². The second kappa shape index (κ2) is 9.61. The van der Waals surface area contributed by atoms with E-state index in [1.54, 1.807) is 20.8 Å². The first-order chi connectivity index (χ1) is 13.0. The Morgan fingerprint density at radius 3 is 2.32 bits per heavy atom. The van der Waals surface area contributed by atoms with Crippen LogP contribution in [0.5, 0.6) is 0 Å². The van der Waals surface area contributed by atoms with Crippen molar-refractivity contribution in [3.05, 3.63) is 0 Å². The Bertz CT molecular complexity index is 491. The smallest absolute Gasteiger partial charge is 0.168 e. The molecular weight excluding hydrogens is 376 g/mol. The van der Waals surface area contributed by atoms with Crippen LogP contribution in [-0.2, 0) is 18.9 Å². The lowest BCUT2D eigenvalue weighted by Gasteiger charge is -2.47. The van der Waals surface area contributed by atoms with Crippen LogP contribution in [0.15, 0.2) is 0 Å². The van der Waals surface area contributed by atoms with E-state index in [2.05, 4.69) is 0 Å². The minimum Gasteiger partial charge on any atom is -0.394 e. The van der Waals surface area contributed by atoms with Crippen LogP contribution in [0, 0.1) is 11.8 Å². The van der Waals surface area contributed by atoms with Gasteiger partial charge in [-0.1, -0.05) is 13.8 Å². The number of aliphatic hydroxyl groups excluding tert-OH is 6. The van der Waals surface area contributed by atoms with Gasteiger partial charge in [0.1, 0.15) is 24.4 Å². The van der Waals surface area contributed by atoms with Gasteiger partial charge in [-0.3, -0.25) is 0 Å². The van der Waals surface area contributed by atoms with Crippen LogP contribution in [0.3, 0.4) is 0 Å². The maximum Gasteiger partial charge on any atom is 0.168 e. The predicted molar refractivity (Wildman–Crippen MR) is 95.0 cm³/mol. The van der Waals surface area contributed by atoms with Gasteiger partial charge in [0, 0.05) is 25.4 Å². The molecule has 2 aliphatic heterocycles. The minimum absolute atomic E-state index is 0.0854. The third-order valence-electron chi connectivity index (χ3n) is 5.80. The van der Waals surface area contributed by atoms with Crippen LogP contribution in [0.4, 0.5) is 0 Å². The first-order valence-electron chi connectivity index (χ1n) is 9.55. The highest BCUT2D eigenvalue weighted by Crippen LogP contribution is 2.36. The second-order valence-corrected chi connectivity index (χ2v) is 8.02. The van der Waals surface area contributed by atoms with Crippen LogP contribution in [-0.4, -0.2) is 106 Å². The van der Waals surface area contributed by atoms with Gasteiger partial charge in [-0.25, -0.2) is 0 Å². The molecule has 0 bridgehead atoms. The molecule has 0 amide bonds. The zero-order chi connectivity index (χ0) is 21.2. The van der Waals surface area contributed by atoms with E-state index in [0.29, 0.717) is 0 Å². The molecule has 11 atom stereocenters. The molecule has 0 radical (unpaired) electrons. The highest BCUT2D eigenvalue weighted by molar-refractivity contribution is 4.92. The average Bonchev–Trinajstić information content (AvgIpc) is 2.67. The quantitative estimate of drug-likeness (QED) is 0.276. The molecule has 2 rings (SSSR count).